The predicted molar refractivity (Wildman–Crippen MR) is 55.0 cm³/mol. The van der Waals surface area contributed by atoms with Crippen LogP contribution in [0.5, 0.6) is 5.88 Å². The fraction of sp³-hybridized carbons (Fsp3) is 0.545. The summed E-state index contributed by atoms with van der Waals surface area (Å²) < 4.78 is 31.3. The summed E-state index contributed by atoms with van der Waals surface area (Å²) in [5.74, 6) is -1.65. The van der Waals surface area contributed by atoms with Gasteiger partial charge in [-0.1, -0.05) is 6.42 Å². The molecular weight excluding hydrogens is 214 g/mol. The predicted octanol–water partition coefficient (Wildman–Crippen LogP) is 2.01. The Morgan fingerprint density at radius 2 is 2.06 bits per heavy atom. The molecule has 2 rings (SSSR count). The number of pyridine rings is 1. The van der Waals surface area contributed by atoms with Crippen LogP contribution in [0.15, 0.2) is 12.3 Å². The van der Waals surface area contributed by atoms with Crippen molar-refractivity contribution >= 4 is 0 Å². The summed E-state index contributed by atoms with van der Waals surface area (Å²) in [4.78, 5) is 3.58. The second kappa shape index (κ2) is 4.74. The van der Waals surface area contributed by atoms with Gasteiger partial charge in [-0.2, -0.15) is 0 Å². The van der Waals surface area contributed by atoms with Crippen molar-refractivity contribution in [1.29, 1.82) is 0 Å². The molecule has 0 spiro atoms. The normalized spacial score (nSPS) is 25.4. The van der Waals surface area contributed by atoms with E-state index in [4.69, 9.17) is 10.5 Å². The third kappa shape index (κ3) is 2.47. The Hall–Kier alpha value is -1.23. The molecule has 1 aliphatic rings. The van der Waals surface area contributed by atoms with Crippen LogP contribution in [0.25, 0.3) is 0 Å². The number of nitrogens with zero attached hydrogens (tertiary/aromatic N) is 1. The van der Waals surface area contributed by atoms with Gasteiger partial charge in [-0.25, -0.2) is 13.8 Å². The molecule has 0 bridgehead atoms. The number of halogens is 2. The number of hydrogen-bond acceptors (Lipinski definition) is 3. The molecule has 0 radical (unpaired) electrons. The van der Waals surface area contributed by atoms with E-state index in [0.29, 0.717) is 0 Å². The lowest BCUT2D eigenvalue weighted by atomic mass is 9.93. The van der Waals surface area contributed by atoms with Crippen LogP contribution >= 0.6 is 0 Å². The van der Waals surface area contributed by atoms with Crippen molar-refractivity contribution in [2.75, 3.05) is 0 Å². The fourth-order valence-corrected chi connectivity index (χ4v) is 1.90. The molecule has 1 aliphatic carbocycles. The maximum absolute atomic E-state index is 13.3. The molecule has 0 saturated heterocycles. The first-order valence-electron chi connectivity index (χ1n) is 5.40. The van der Waals surface area contributed by atoms with E-state index in [9.17, 15) is 8.78 Å². The summed E-state index contributed by atoms with van der Waals surface area (Å²) in [5, 5.41) is 0. The molecular formula is C11H14F2N2O. The van der Waals surface area contributed by atoms with Gasteiger partial charge in [-0.15, -0.1) is 0 Å². The highest BCUT2D eigenvalue weighted by Gasteiger charge is 2.24. The monoisotopic (exact) mass is 228 g/mol. The van der Waals surface area contributed by atoms with Gasteiger partial charge in [0.05, 0.1) is 6.20 Å². The molecule has 2 N–H and O–H groups in total. The first-order valence-corrected chi connectivity index (χ1v) is 5.40. The SMILES string of the molecule is NC1CCCCC1Oc1ncc(F)cc1F. The molecule has 3 nitrogen and oxygen atoms in total. The molecule has 1 heterocycles. The zero-order valence-electron chi connectivity index (χ0n) is 8.83. The molecule has 2 atom stereocenters. The van der Waals surface area contributed by atoms with Gasteiger partial charge in [0.1, 0.15) is 11.9 Å². The average Bonchev–Trinajstić information content (AvgIpc) is 2.25. The maximum atomic E-state index is 13.3. The zero-order chi connectivity index (χ0) is 11.5. The van der Waals surface area contributed by atoms with Crippen LogP contribution in [0.3, 0.4) is 0 Å². The molecule has 1 aromatic heterocycles. The van der Waals surface area contributed by atoms with E-state index in [0.717, 1.165) is 37.9 Å². The fourth-order valence-electron chi connectivity index (χ4n) is 1.90. The Kier molecular flexibility index (Phi) is 3.33. The lowest BCUT2D eigenvalue weighted by Gasteiger charge is -2.28. The van der Waals surface area contributed by atoms with Crippen molar-refractivity contribution in [1.82, 2.24) is 4.98 Å². The number of ether oxygens (including phenoxy) is 1. The summed E-state index contributed by atoms with van der Waals surface area (Å²) in [6, 6.07) is 0.663. The van der Waals surface area contributed by atoms with Crippen LogP contribution in [0.4, 0.5) is 8.78 Å². The Balaban J connectivity index is 2.07. The highest BCUT2D eigenvalue weighted by Crippen LogP contribution is 2.23. The summed E-state index contributed by atoms with van der Waals surface area (Å²) >= 11 is 0. The van der Waals surface area contributed by atoms with E-state index >= 15 is 0 Å². The van der Waals surface area contributed by atoms with Crippen LogP contribution in [-0.2, 0) is 0 Å². The second-order valence-electron chi connectivity index (χ2n) is 4.05. The highest BCUT2D eigenvalue weighted by atomic mass is 19.1. The summed E-state index contributed by atoms with van der Waals surface area (Å²) in [5.41, 5.74) is 5.86. The Labute approximate surface area is 92.6 Å². The molecule has 1 aromatic rings. The summed E-state index contributed by atoms with van der Waals surface area (Å²) in [7, 11) is 0. The third-order valence-corrected chi connectivity index (χ3v) is 2.79. The van der Waals surface area contributed by atoms with Gasteiger partial charge in [0, 0.05) is 12.1 Å². The molecule has 88 valence electrons. The number of aromatic nitrogens is 1. The van der Waals surface area contributed by atoms with Crippen LogP contribution < -0.4 is 10.5 Å². The first-order chi connectivity index (χ1) is 7.66. The van der Waals surface area contributed by atoms with E-state index < -0.39 is 11.6 Å². The maximum Gasteiger partial charge on any atom is 0.250 e. The van der Waals surface area contributed by atoms with Crippen LogP contribution in [0.2, 0.25) is 0 Å². The van der Waals surface area contributed by atoms with Gasteiger partial charge >= 0.3 is 0 Å². The van der Waals surface area contributed by atoms with Gasteiger partial charge in [0.15, 0.2) is 5.82 Å². The lowest BCUT2D eigenvalue weighted by molar-refractivity contribution is 0.120. The molecule has 0 aliphatic heterocycles. The summed E-state index contributed by atoms with van der Waals surface area (Å²) in [6.45, 7) is 0. The number of nitrogens with two attached hydrogens (primary N) is 1. The molecule has 0 amide bonds. The molecule has 1 fully saturated rings. The third-order valence-electron chi connectivity index (χ3n) is 2.79. The van der Waals surface area contributed by atoms with Gasteiger partial charge in [0.25, 0.3) is 5.88 Å². The van der Waals surface area contributed by atoms with Gasteiger partial charge < -0.3 is 10.5 Å². The second-order valence-corrected chi connectivity index (χ2v) is 4.05. The van der Waals surface area contributed by atoms with E-state index in [-0.39, 0.29) is 18.0 Å². The van der Waals surface area contributed by atoms with Gasteiger partial charge in [-0.05, 0) is 19.3 Å². The molecule has 16 heavy (non-hydrogen) atoms. The van der Waals surface area contributed by atoms with Crippen LogP contribution in [0.1, 0.15) is 25.7 Å². The van der Waals surface area contributed by atoms with Gasteiger partial charge in [0.2, 0.25) is 0 Å². The minimum absolute atomic E-state index is 0.0972. The van der Waals surface area contributed by atoms with Crippen molar-refractivity contribution in [2.45, 2.75) is 37.8 Å². The Morgan fingerprint density at radius 1 is 1.31 bits per heavy atom. The minimum atomic E-state index is -0.780. The Morgan fingerprint density at radius 3 is 2.75 bits per heavy atom. The minimum Gasteiger partial charge on any atom is -0.471 e. The van der Waals surface area contributed by atoms with Crippen LogP contribution in [-0.4, -0.2) is 17.1 Å². The average molecular weight is 228 g/mol. The zero-order valence-corrected chi connectivity index (χ0v) is 8.83. The molecule has 1 saturated carbocycles. The summed E-state index contributed by atoms with van der Waals surface area (Å²) in [6.07, 6.45) is 4.46. The standard InChI is InChI=1S/C11H14F2N2O/c12-7-5-8(13)11(15-6-7)16-10-4-2-1-3-9(10)14/h5-6,9-10H,1-4,14H2. The van der Waals surface area contributed by atoms with E-state index in [1.165, 1.54) is 0 Å². The largest absolute Gasteiger partial charge is 0.471 e. The van der Waals surface area contributed by atoms with E-state index in [2.05, 4.69) is 4.98 Å². The molecule has 5 heteroatoms. The van der Waals surface area contributed by atoms with Crippen LogP contribution in [0, 0.1) is 11.6 Å². The Bertz CT molecular complexity index is 373. The highest BCUT2D eigenvalue weighted by molar-refractivity contribution is 5.14. The van der Waals surface area contributed by atoms with Crippen molar-refractivity contribution in [3.63, 3.8) is 0 Å². The quantitative estimate of drug-likeness (QED) is 0.842. The lowest BCUT2D eigenvalue weighted by Crippen LogP contribution is -2.41. The molecule has 0 aromatic carbocycles. The van der Waals surface area contributed by atoms with Gasteiger partial charge in [-0.3, -0.25) is 0 Å². The first kappa shape index (κ1) is 11.3. The molecule has 2 unspecified atom stereocenters. The smallest absolute Gasteiger partial charge is 0.250 e. The van der Waals surface area contributed by atoms with Crippen molar-refractivity contribution < 1.29 is 13.5 Å². The van der Waals surface area contributed by atoms with Crippen molar-refractivity contribution in [2.24, 2.45) is 5.73 Å². The number of rotatable bonds is 2. The topological polar surface area (TPSA) is 48.1 Å². The number of hydrogen-bond donors (Lipinski definition) is 1. The van der Waals surface area contributed by atoms with Crippen molar-refractivity contribution in [3.05, 3.63) is 23.9 Å². The van der Waals surface area contributed by atoms with E-state index in [1.54, 1.807) is 0 Å². The van der Waals surface area contributed by atoms with Crippen molar-refractivity contribution in [3.8, 4) is 5.88 Å². The van der Waals surface area contributed by atoms with E-state index in [1.807, 2.05) is 0 Å².